The maximum Gasteiger partial charge on any atom is 0.317 e. The fourth-order valence-electron chi connectivity index (χ4n) is 9.92. The van der Waals surface area contributed by atoms with Crippen molar-refractivity contribution in [1.29, 1.82) is 0 Å². The Morgan fingerprint density at radius 3 is 2.37 bits per heavy atom. The van der Waals surface area contributed by atoms with Crippen LogP contribution >= 0.6 is 0 Å². The maximum atomic E-state index is 17.3. The van der Waals surface area contributed by atoms with E-state index in [2.05, 4.69) is 63.2 Å². The molecule has 3 fully saturated rings. The summed E-state index contributed by atoms with van der Waals surface area (Å²) in [6.45, 7) is 18.4. The van der Waals surface area contributed by atoms with Crippen LogP contribution in [0.1, 0.15) is 104 Å². The summed E-state index contributed by atoms with van der Waals surface area (Å²) >= 11 is 0. The summed E-state index contributed by atoms with van der Waals surface area (Å²) in [5, 5.41) is 16.6. The van der Waals surface area contributed by atoms with Gasteiger partial charge in [0.15, 0.2) is 5.82 Å². The van der Waals surface area contributed by atoms with Gasteiger partial charge in [-0.1, -0.05) is 71.7 Å². The molecule has 0 spiro atoms. The third kappa shape index (κ3) is 6.21. The van der Waals surface area contributed by atoms with Crippen LogP contribution in [0, 0.1) is 23.1 Å². The minimum atomic E-state index is -2.21. The molecule has 3 aliphatic heterocycles. The molecule has 0 saturated carbocycles. The summed E-state index contributed by atoms with van der Waals surface area (Å²) < 4.78 is 39.6. The maximum absolute atomic E-state index is 17.3. The number of halogens is 2. The predicted octanol–water partition coefficient (Wildman–Crippen LogP) is 8.88. The highest BCUT2D eigenvalue weighted by Gasteiger charge is 2.45. The van der Waals surface area contributed by atoms with Gasteiger partial charge < -0.3 is 15.2 Å². The van der Waals surface area contributed by atoms with Gasteiger partial charge in [-0.2, -0.15) is 9.97 Å². The van der Waals surface area contributed by atoms with Crippen molar-refractivity contribution in [3.05, 3.63) is 59.4 Å². The Morgan fingerprint density at radius 1 is 0.981 bits per heavy atom. The lowest BCUT2D eigenvalue weighted by Crippen LogP contribution is -2.47. The lowest BCUT2D eigenvalue weighted by Gasteiger charge is -2.38. The van der Waals surface area contributed by atoms with Gasteiger partial charge in [-0.05, 0) is 93.2 Å². The molecule has 2 aromatic carbocycles. The van der Waals surface area contributed by atoms with Crippen LogP contribution in [0.4, 0.5) is 8.78 Å². The quantitative estimate of drug-likeness (QED) is 0.139. The molecule has 2 atom stereocenters. The van der Waals surface area contributed by atoms with E-state index in [1.165, 1.54) is 6.07 Å². The first kappa shape index (κ1) is 36.8. The fraction of sp³-hybridized carbons (Fsp3) is 0.548. The van der Waals surface area contributed by atoms with Gasteiger partial charge in [0.1, 0.15) is 31.7 Å². The topological polar surface area (TPSA) is 83.4 Å². The van der Waals surface area contributed by atoms with E-state index < -0.39 is 31.4 Å². The van der Waals surface area contributed by atoms with Gasteiger partial charge in [0, 0.05) is 22.5 Å². The summed E-state index contributed by atoms with van der Waals surface area (Å²) in [7, 11) is -2.21. The molecule has 276 valence electrons. The molecule has 10 heteroatoms. The molecule has 3 aliphatic rings. The first-order valence-corrected chi connectivity index (χ1v) is 21.5. The van der Waals surface area contributed by atoms with Crippen molar-refractivity contribution in [2.75, 3.05) is 26.2 Å². The van der Waals surface area contributed by atoms with E-state index in [9.17, 15) is 5.11 Å². The lowest BCUT2D eigenvalue weighted by atomic mass is 9.84. The summed E-state index contributed by atoms with van der Waals surface area (Å²) in [4.78, 5) is 16.8. The summed E-state index contributed by atoms with van der Waals surface area (Å²) in [5.41, 5.74) is 4.89. The van der Waals surface area contributed by atoms with Gasteiger partial charge in [-0.3, -0.25) is 9.88 Å². The van der Waals surface area contributed by atoms with Crippen LogP contribution in [0.25, 0.3) is 32.9 Å². The molecule has 3 saturated heterocycles. The molecule has 5 heterocycles. The van der Waals surface area contributed by atoms with Crippen molar-refractivity contribution in [3.63, 3.8) is 0 Å². The van der Waals surface area contributed by atoms with Crippen molar-refractivity contribution in [2.24, 2.45) is 0 Å². The highest BCUT2D eigenvalue weighted by atomic mass is 28.3. The Hall–Kier alpha value is -3.49. The number of rotatable bonds is 8. The second kappa shape index (κ2) is 14.1. The van der Waals surface area contributed by atoms with Crippen LogP contribution in [-0.2, 0) is 0 Å². The number of fused-ring (bicyclic) bond motifs is 3. The Labute approximate surface area is 308 Å². The highest BCUT2D eigenvalue weighted by molar-refractivity contribution is 6.90. The van der Waals surface area contributed by atoms with Crippen LogP contribution in [-0.4, -0.2) is 70.4 Å². The summed E-state index contributed by atoms with van der Waals surface area (Å²) in [6, 6.07) is 8.20. The molecule has 0 bridgehead atoms. The van der Waals surface area contributed by atoms with Crippen molar-refractivity contribution in [1.82, 2.24) is 25.2 Å². The van der Waals surface area contributed by atoms with E-state index >= 15 is 8.78 Å². The molecular formula is C42H53F2N5O2Si. The van der Waals surface area contributed by atoms with Gasteiger partial charge >= 0.3 is 6.01 Å². The highest BCUT2D eigenvalue weighted by Crippen LogP contribution is 2.43. The number of ether oxygens (including phenoxy) is 1. The van der Waals surface area contributed by atoms with E-state index in [4.69, 9.17) is 19.7 Å². The largest absolute Gasteiger partial charge is 0.461 e. The second-order valence-electron chi connectivity index (χ2n) is 16.6. The van der Waals surface area contributed by atoms with Crippen LogP contribution in [0.5, 0.6) is 6.01 Å². The average molecular weight is 726 g/mol. The number of piperidine rings is 1. The zero-order valence-corrected chi connectivity index (χ0v) is 32.7. The standard InChI is InChI=1S/C42H53F2N5O2Si/c1-26(2)52(27(3)4,28(5)6)23-16-30-33(43)15-14-29-12-8-13-31(34(29)30)36-35(44)37-32(24-46-36)38(39-41(7,50)17-9-20-45-39)48-40(47-37)51-25-42-18-10-21-49(42)22-11-19-42/h8,12-15,24,26-28,39,45,50H,9-11,17-22,25H2,1-7H3. The molecule has 0 radical (unpaired) electrons. The SMILES string of the molecule is CC(C)[Si](C#Cc1c(F)ccc2cccc(-c3ncc4c(C5NCCCC5(C)O)nc(OCC56CCCN5CCC6)nc4c3F)c12)(C(C)C)C(C)C. The van der Waals surface area contributed by atoms with Crippen LogP contribution in [0.2, 0.25) is 16.6 Å². The van der Waals surface area contributed by atoms with Crippen LogP contribution in [0.3, 0.4) is 0 Å². The van der Waals surface area contributed by atoms with Gasteiger partial charge in [0.2, 0.25) is 0 Å². The minimum absolute atomic E-state index is 0.0549. The molecule has 0 aliphatic carbocycles. The number of pyridine rings is 1. The first-order valence-electron chi connectivity index (χ1n) is 19.2. The normalized spacial score (nSPS) is 22.1. The molecular weight excluding hydrogens is 673 g/mol. The van der Waals surface area contributed by atoms with E-state index in [0.29, 0.717) is 58.2 Å². The second-order valence-corrected chi connectivity index (χ2v) is 22.2. The minimum Gasteiger partial charge on any atom is -0.461 e. The van der Waals surface area contributed by atoms with E-state index in [0.717, 1.165) is 50.6 Å². The predicted molar refractivity (Wildman–Crippen MR) is 207 cm³/mol. The molecule has 2 N–H and O–H groups in total. The zero-order valence-electron chi connectivity index (χ0n) is 31.7. The van der Waals surface area contributed by atoms with E-state index in [1.54, 1.807) is 25.3 Å². The van der Waals surface area contributed by atoms with Crippen LogP contribution < -0.4 is 10.1 Å². The van der Waals surface area contributed by atoms with Crippen molar-refractivity contribution >= 4 is 29.7 Å². The molecule has 7 rings (SSSR count). The lowest BCUT2D eigenvalue weighted by molar-refractivity contribution is -0.00842. The third-order valence-electron chi connectivity index (χ3n) is 12.6. The third-order valence-corrected chi connectivity index (χ3v) is 18.9. The average Bonchev–Trinajstić information content (AvgIpc) is 3.68. The Kier molecular flexibility index (Phi) is 9.96. The number of hydrogen-bond acceptors (Lipinski definition) is 7. The molecule has 7 nitrogen and oxygen atoms in total. The zero-order chi connectivity index (χ0) is 37.0. The molecule has 2 unspecified atom stereocenters. The fourth-order valence-corrected chi connectivity index (χ4v) is 15.1. The van der Waals surface area contributed by atoms with Crippen molar-refractivity contribution < 1.29 is 18.6 Å². The Balaban J connectivity index is 1.40. The molecule has 52 heavy (non-hydrogen) atoms. The number of benzene rings is 2. The van der Waals surface area contributed by atoms with E-state index in [1.807, 2.05) is 12.1 Å². The summed E-state index contributed by atoms with van der Waals surface area (Å²) in [5.74, 6) is 2.26. The first-order chi connectivity index (χ1) is 24.8. The van der Waals surface area contributed by atoms with Gasteiger partial charge in [-0.25, -0.2) is 8.78 Å². The van der Waals surface area contributed by atoms with Crippen molar-refractivity contribution in [3.8, 4) is 28.7 Å². The molecule has 4 aromatic rings. The van der Waals surface area contributed by atoms with Gasteiger partial charge in [-0.15, -0.1) is 5.54 Å². The van der Waals surface area contributed by atoms with E-state index in [-0.39, 0.29) is 28.3 Å². The van der Waals surface area contributed by atoms with Gasteiger partial charge in [0.05, 0.1) is 28.4 Å². The molecule has 0 amide bonds. The summed E-state index contributed by atoms with van der Waals surface area (Å²) in [6.07, 6.45) is 7.31. The number of nitrogens with zero attached hydrogens (tertiary/aromatic N) is 4. The Morgan fingerprint density at radius 2 is 1.69 bits per heavy atom. The number of aromatic nitrogens is 3. The smallest absolute Gasteiger partial charge is 0.317 e. The van der Waals surface area contributed by atoms with Crippen molar-refractivity contribution in [2.45, 2.75) is 121 Å². The number of hydrogen-bond donors (Lipinski definition) is 2. The van der Waals surface area contributed by atoms with Crippen LogP contribution in [0.15, 0.2) is 36.5 Å². The van der Waals surface area contributed by atoms with Gasteiger partial charge in [0.25, 0.3) is 0 Å². The Bertz CT molecular complexity index is 2020. The monoisotopic (exact) mass is 725 g/mol. The molecule has 2 aromatic heterocycles. The number of nitrogens with one attached hydrogen (secondary N) is 1. The number of aliphatic hydroxyl groups is 1.